The van der Waals surface area contributed by atoms with Gasteiger partial charge in [0, 0.05) is 36.0 Å². The highest BCUT2D eigenvalue weighted by Crippen LogP contribution is 2.23. The molecule has 0 aliphatic carbocycles. The van der Waals surface area contributed by atoms with E-state index in [1.54, 1.807) is 18.5 Å². The van der Waals surface area contributed by atoms with Crippen LogP contribution in [0.5, 0.6) is 0 Å². The van der Waals surface area contributed by atoms with Crippen LogP contribution in [0.25, 0.3) is 0 Å². The maximum atomic E-state index is 12.7. The van der Waals surface area contributed by atoms with Gasteiger partial charge >= 0.3 is 0 Å². The first-order chi connectivity index (χ1) is 11.6. The Morgan fingerprint density at radius 1 is 1.29 bits per heavy atom. The van der Waals surface area contributed by atoms with Crippen LogP contribution >= 0.6 is 11.6 Å². The number of carbonyl (C=O) groups is 1. The molecule has 1 aromatic carbocycles. The van der Waals surface area contributed by atoms with E-state index < -0.39 is 0 Å². The minimum atomic E-state index is -0.142. The number of halogens is 1. The van der Waals surface area contributed by atoms with E-state index in [0.717, 1.165) is 24.8 Å². The van der Waals surface area contributed by atoms with Gasteiger partial charge in [-0.15, -0.1) is 0 Å². The second-order valence-electron chi connectivity index (χ2n) is 6.13. The lowest BCUT2D eigenvalue weighted by molar-refractivity contribution is 0.0562. The molecule has 0 radical (unpaired) electrons. The Morgan fingerprint density at radius 2 is 2.08 bits per heavy atom. The predicted octanol–water partition coefficient (Wildman–Crippen LogP) is 2.69. The summed E-state index contributed by atoms with van der Waals surface area (Å²) in [5.74, 6) is 0.0983. The lowest BCUT2D eigenvalue weighted by Crippen LogP contribution is -2.53. The number of piperidine rings is 1. The van der Waals surface area contributed by atoms with Crippen LogP contribution in [-0.2, 0) is 6.42 Å². The Kier molecular flexibility index (Phi) is 5.43. The molecule has 2 atom stereocenters. The van der Waals surface area contributed by atoms with Crippen LogP contribution in [0.15, 0.2) is 42.7 Å². The molecule has 1 aliphatic rings. The molecule has 2 N–H and O–H groups in total. The average Bonchev–Trinajstić information content (AvgIpc) is 2.62. The number of nitrogens with zero attached hydrogens (tertiary/aromatic N) is 3. The SMILES string of the molecule is NC(Cc1cccc(Cl)c1)[C@H]1CCCCN1C(=O)c1ncccn1. The first-order valence-electron chi connectivity index (χ1n) is 8.23. The van der Waals surface area contributed by atoms with Gasteiger partial charge in [0.15, 0.2) is 0 Å². The van der Waals surface area contributed by atoms with Gasteiger partial charge in [-0.1, -0.05) is 23.7 Å². The minimum absolute atomic E-state index is 0.00552. The van der Waals surface area contributed by atoms with E-state index in [-0.39, 0.29) is 23.8 Å². The lowest BCUT2D eigenvalue weighted by atomic mass is 9.91. The van der Waals surface area contributed by atoms with Crippen molar-refractivity contribution in [3.05, 3.63) is 59.1 Å². The van der Waals surface area contributed by atoms with Gasteiger partial charge in [0.1, 0.15) is 0 Å². The summed E-state index contributed by atoms with van der Waals surface area (Å²) >= 11 is 6.05. The Hall–Kier alpha value is -1.98. The summed E-state index contributed by atoms with van der Waals surface area (Å²) in [5, 5.41) is 0.703. The van der Waals surface area contributed by atoms with Crippen LogP contribution in [0.2, 0.25) is 5.02 Å². The molecular formula is C18H21ClN4O. The Morgan fingerprint density at radius 3 is 2.83 bits per heavy atom. The molecule has 1 aliphatic heterocycles. The van der Waals surface area contributed by atoms with E-state index in [9.17, 15) is 4.79 Å². The molecule has 126 valence electrons. The zero-order valence-electron chi connectivity index (χ0n) is 13.4. The zero-order chi connectivity index (χ0) is 16.9. The molecule has 2 aromatic rings. The van der Waals surface area contributed by atoms with Gasteiger partial charge in [0.25, 0.3) is 5.91 Å². The first kappa shape index (κ1) is 16.9. The van der Waals surface area contributed by atoms with Crippen molar-refractivity contribution >= 4 is 17.5 Å². The summed E-state index contributed by atoms with van der Waals surface area (Å²) in [6.45, 7) is 0.699. The van der Waals surface area contributed by atoms with E-state index in [2.05, 4.69) is 9.97 Å². The van der Waals surface area contributed by atoms with Gasteiger partial charge in [-0.2, -0.15) is 0 Å². The molecule has 0 saturated carbocycles. The van der Waals surface area contributed by atoms with Crippen LogP contribution < -0.4 is 5.73 Å². The number of hydrogen-bond acceptors (Lipinski definition) is 4. The first-order valence-corrected chi connectivity index (χ1v) is 8.61. The molecule has 1 amide bonds. The molecule has 0 spiro atoms. The minimum Gasteiger partial charge on any atom is -0.331 e. The number of nitrogens with two attached hydrogens (primary N) is 1. The van der Waals surface area contributed by atoms with E-state index in [4.69, 9.17) is 17.3 Å². The fourth-order valence-corrected chi connectivity index (χ4v) is 3.48. The van der Waals surface area contributed by atoms with Crippen LogP contribution in [-0.4, -0.2) is 39.4 Å². The van der Waals surface area contributed by atoms with Gasteiger partial charge in [0.05, 0.1) is 0 Å². The summed E-state index contributed by atoms with van der Waals surface area (Å²) in [7, 11) is 0. The normalized spacial score (nSPS) is 19.1. The monoisotopic (exact) mass is 344 g/mol. The second kappa shape index (κ2) is 7.73. The highest BCUT2D eigenvalue weighted by Gasteiger charge is 2.32. The Labute approximate surface area is 146 Å². The number of rotatable bonds is 4. The van der Waals surface area contributed by atoms with E-state index in [1.807, 2.05) is 29.2 Å². The maximum Gasteiger partial charge on any atom is 0.291 e. The Balaban J connectivity index is 1.75. The molecule has 1 aromatic heterocycles. The molecule has 6 heteroatoms. The van der Waals surface area contributed by atoms with Crippen molar-refractivity contribution in [2.75, 3.05) is 6.54 Å². The number of likely N-dealkylation sites (tertiary alicyclic amines) is 1. The van der Waals surface area contributed by atoms with Gasteiger partial charge < -0.3 is 10.6 Å². The molecule has 0 bridgehead atoms. The quantitative estimate of drug-likeness (QED) is 0.925. The summed E-state index contributed by atoms with van der Waals surface area (Å²) < 4.78 is 0. The van der Waals surface area contributed by atoms with Gasteiger partial charge in [0.2, 0.25) is 5.82 Å². The lowest BCUT2D eigenvalue weighted by Gasteiger charge is -2.38. The van der Waals surface area contributed by atoms with Crippen molar-refractivity contribution in [3.8, 4) is 0 Å². The predicted molar refractivity (Wildman–Crippen MR) is 93.8 cm³/mol. The number of carbonyl (C=O) groups excluding carboxylic acids is 1. The topological polar surface area (TPSA) is 72.1 Å². The fraction of sp³-hybridized carbons (Fsp3) is 0.389. The van der Waals surface area contributed by atoms with E-state index in [1.165, 1.54) is 0 Å². The van der Waals surface area contributed by atoms with Crippen molar-refractivity contribution in [1.29, 1.82) is 0 Å². The molecule has 24 heavy (non-hydrogen) atoms. The second-order valence-corrected chi connectivity index (χ2v) is 6.57. The van der Waals surface area contributed by atoms with E-state index in [0.29, 0.717) is 18.0 Å². The van der Waals surface area contributed by atoms with Crippen molar-refractivity contribution in [3.63, 3.8) is 0 Å². The summed E-state index contributed by atoms with van der Waals surface area (Å²) in [6, 6.07) is 9.27. The number of aromatic nitrogens is 2. The third-order valence-corrected chi connectivity index (χ3v) is 4.66. The third-order valence-electron chi connectivity index (χ3n) is 4.42. The number of benzene rings is 1. The summed E-state index contributed by atoms with van der Waals surface area (Å²) in [4.78, 5) is 22.8. The van der Waals surface area contributed by atoms with Crippen molar-refractivity contribution in [1.82, 2.24) is 14.9 Å². The standard InChI is InChI=1S/C18H21ClN4O/c19-14-6-3-5-13(11-14)12-15(20)16-7-1-2-10-23(16)18(24)17-21-8-4-9-22-17/h3-6,8-9,11,15-16H,1-2,7,10,12,20H2/t15?,16-/m1/s1. The highest BCUT2D eigenvalue weighted by atomic mass is 35.5. The van der Waals surface area contributed by atoms with Crippen molar-refractivity contribution < 1.29 is 4.79 Å². The largest absolute Gasteiger partial charge is 0.331 e. The van der Waals surface area contributed by atoms with Gasteiger partial charge in [-0.25, -0.2) is 9.97 Å². The molecule has 5 nitrogen and oxygen atoms in total. The summed E-state index contributed by atoms with van der Waals surface area (Å²) in [6.07, 6.45) is 6.83. The highest BCUT2D eigenvalue weighted by molar-refractivity contribution is 6.30. The fourth-order valence-electron chi connectivity index (χ4n) is 3.26. The molecule has 1 saturated heterocycles. The van der Waals surface area contributed by atoms with E-state index >= 15 is 0 Å². The number of amides is 1. The third kappa shape index (κ3) is 3.91. The smallest absolute Gasteiger partial charge is 0.291 e. The molecular weight excluding hydrogens is 324 g/mol. The van der Waals surface area contributed by atoms with Crippen LogP contribution in [0.4, 0.5) is 0 Å². The maximum absolute atomic E-state index is 12.7. The molecule has 2 heterocycles. The molecule has 3 rings (SSSR count). The van der Waals surface area contributed by atoms with Crippen LogP contribution in [0.1, 0.15) is 35.4 Å². The van der Waals surface area contributed by atoms with Gasteiger partial charge in [-0.3, -0.25) is 4.79 Å². The van der Waals surface area contributed by atoms with Crippen molar-refractivity contribution in [2.24, 2.45) is 5.73 Å². The van der Waals surface area contributed by atoms with Crippen LogP contribution in [0.3, 0.4) is 0 Å². The Bertz CT molecular complexity index is 694. The van der Waals surface area contributed by atoms with Crippen molar-refractivity contribution in [2.45, 2.75) is 37.8 Å². The van der Waals surface area contributed by atoms with Gasteiger partial charge in [-0.05, 0) is 49.4 Å². The summed E-state index contributed by atoms with van der Waals surface area (Å²) in [5.41, 5.74) is 7.55. The molecule has 1 fully saturated rings. The average molecular weight is 345 g/mol. The van der Waals surface area contributed by atoms with Crippen LogP contribution in [0, 0.1) is 0 Å². The number of hydrogen-bond donors (Lipinski definition) is 1. The zero-order valence-corrected chi connectivity index (χ0v) is 14.2. The molecule has 1 unspecified atom stereocenters.